The largest absolute Gasteiger partial charge is 0.369 e. The minimum atomic E-state index is 0.179. The minimum Gasteiger partial charge on any atom is -0.369 e. The van der Waals surface area contributed by atoms with E-state index in [1.165, 1.54) is 11.3 Å². The van der Waals surface area contributed by atoms with Crippen molar-refractivity contribution in [3.63, 3.8) is 0 Å². The zero-order valence-corrected chi connectivity index (χ0v) is 16.6. The maximum Gasteiger partial charge on any atom is 0.191 e. The number of hydrazone groups is 1. The third-order valence-electron chi connectivity index (χ3n) is 5.07. The van der Waals surface area contributed by atoms with E-state index in [4.69, 9.17) is 12.2 Å². The number of thiocarbonyl (C=S) groups is 1. The van der Waals surface area contributed by atoms with Gasteiger partial charge in [0.15, 0.2) is 5.11 Å². The van der Waals surface area contributed by atoms with Gasteiger partial charge < -0.3 is 10.2 Å². The van der Waals surface area contributed by atoms with E-state index >= 15 is 0 Å². The first-order chi connectivity index (χ1) is 12.4. The highest BCUT2D eigenvalue weighted by Crippen LogP contribution is 2.42. The van der Waals surface area contributed by atoms with Gasteiger partial charge in [0.2, 0.25) is 0 Å². The fraction of sp³-hybridized carbons (Fsp3) is 0.333. The monoisotopic (exact) mass is 366 g/mol. The first-order valence-corrected chi connectivity index (χ1v) is 9.30. The number of anilines is 2. The van der Waals surface area contributed by atoms with E-state index < -0.39 is 0 Å². The van der Waals surface area contributed by atoms with E-state index in [0.717, 1.165) is 17.7 Å². The Hall–Kier alpha value is -2.40. The van der Waals surface area contributed by atoms with Crippen LogP contribution in [0.4, 0.5) is 11.4 Å². The Morgan fingerprint density at radius 2 is 1.96 bits per heavy atom. The van der Waals surface area contributed by atoms with Gasteiger partial charge >= 0.3 is 0 Å². The molecule has 0 saturated carbocycles. The second kappa shape index (κ2) is 7.46. The third-order valence-corrected chi connectivity index (χ3v) is 5.26. The van der Waals surface area contributed by atoms with Crippen molar-refractivity contribution >= 4 is 34.9 Å². The number of hydrogen-bond donors (Lipinski definition) is 2. The summed E-state index contributed by atoms with van der Waals surface area (Å²) in [4.78, 5) is 2.38. The average molecular weight is 367 g/mol. The molecule has 136 valence electrons. The van der Waals surface area contributed by atoms with Crippen molar-refractivity contribution < 1.29 is 0 Å². The highest BCUT2D eigenvalue weighted by molar-refractivity contribution is 7.80. The fourth-order valence-corrected chi connectivity index (χ4v) is 3.69. The van der Waals surface area contributed by atoms with E-state index in [1.807, 2.05) is 36.5 Å². The first kappa shape index (κ1) is 18.4. The molecule has 3 rings (SSSR count). The van der Waals surface area contributed by atoms with Gasteiger partial charge in [0.1, 0.15) is 0 Å². The Bertz CT molecular complexity index is 814. The molecule has 0 aliphatic carbocycles. The molecule has 0 saturated heterocycles. The lowest BCUT2D eigenvalue weighted by molar-refractivity contribution is 0.395. The summed E-state index contributed by atoms with van der Waals surface area (Å²) in [5.41, 5.74) is 7.74. The summed E-state index contributed by atoms with van der Waals surface area (Å²) >= 11 is 5.27. The number of nitrogens with zero attached hydrogens (tertiary/aromatic N) is 2. The Kier molecular flexibility index (Phi) is 5.28. The molecule has 0 spiro atoms. The van der Waals surface area contributed by atoms with Crippen LogP contribution in [0, 0.1) is 0 Å². The van der Waals surface area contributed by atoms with Crippen molar-refractivity contribution in [1.82, 2.24) is 5.43 Å². The van der Waals surface area contributed by atoms with Gasteiger partial charge in [0, 0.05) is 24.0 Å². The standard InChI is InChI=1S/C21H26N4S/c1-15-13-21(2,3)25(4)19-11-10-16(12-18(15)19)14-22-24-20(26)23-17-8-6-5-7-9-17/h5-12,14-15H,13H2,1-4H3,(H2,23,24,26)/b22-14+/t15-/m1/s1. The number of hydrogen-bond acceptors (Lipinski definition) is 3. The van der Waals surface area contributed by atoms with E-state index in [9.17, 15) is 0 Å². The smallest absolute Gasteiger partial charge is 0.191 e. The molecule has 0 radical (unpaired) electrons. The lowest BCUT2D eigenvalue weighted by Crippen LogP contribution is -2.45. The van der Waals surface area contributed by atoms with Crippen LogP contribution in [0.5, 0.6) is 0 Å². The van der Waals surface area contributed by atoms with Crippen molar-refractivity contribution in [1.29, 1.82) is 0 Å². The molecule has 2 aromatic rings. The van der Waals surface area contributed by atoms with Crippen LogP contribution >= 0.6 is 12.2 Å². The zero-order chi connectivity index (χ0) is 18.7. The molecular formula is C21H26N4S. The fourth-order valence-electron chi connectivity index (χ4n) is 3.52. The van der Waals surface area contributed by atoms with Crippen molar-refractivity contribution in [3.8, 4) is 0 Å². The molecule has 2 N–H and O–H groups in total. The van der Waals surface area contributed by atoms with Crippen LogP contribution in [0.3, 0.4) is 0 Å². The van der Waals surface area contributed by atoms with Crippen LogP contribution in [0.2, 0.25) is 0 Å². The van der Waals surface area contributed by atoms with Crippen LogP contribution < -0.4 is 15.6 Å². The van der Waals surface area contributed by atoms with Gasteiger partial charge in [-0.3, -0.25) is 5.43 Å². The van der Waals surface area contributed by atoms with Crippen LogP contribution in [0.15, 0.2) is 53.6 Å². The summed E-state index contributed by atoms with van der Waals surface area (Å²) in [6.45, 7) is 6.89. The molecule has 1 aliphatic rings. The van der Waals surface area contributed by atoms with Crippen LogP contribution in [0.1, 0.15) is 44.2 Å². The molecule has 2 aromatic carbocycles. The molecule has 1 atom stereocenters. The third kappa shape index (κ3) is 4.05. The topological polar surface area (TPSA) is 39.7 Å². The lowest BCUT2D eigenvalue weighted by atomic mass is 9.80. The summed E-state index contributed by atoms with van der Waals surface area (Å²) in [6, 6.07) is 16.3. The lowest BCUT2D eigenvalue weighted by Gasteiger charge is -2.45. The van der Waals surface area contributed by atoms with E-state index in [-0.39, 0.29) is 5.54 Å². The second-order valence-electron chi connectivity index (χ2n) is 7.49. The summed E-state index contributed by atoms with van der Waals surface area (Å²) < 4.78 is 0. The predicted molar refractivity (Wildman–Crippen MR) is 115 cm³/mol. The van der Waals surface area contributed by atoms with Crippen molar-refractivity contribution in [2.75, 3.05) is 17.3 Å². The Labute approximate surface area is 161 Å². The van der Waals surface area contributed by atoms with Gasteiger partial charge in [-0.1, -0.05) is 31.2 Å². The van der Waals surface area contributed by atoms with Gasteiger partial charge in [-0.2, -0.15) is 5.10 Å². The maximum atomic E-state index is 5.27. The highest BCUT2D eigenvalue weighted by Gasteiger charge is 2.33. The quantitative estimate of drug-likeness (QED) is 0.468. The molecule has 0 amide bonds. The van der Waals surface area contributed by atoms with E-state index in [0.29, 0.717) is 11.0 Å². The number of rotatable bonds is 3. The molecule has 0 aromatic heterocycles. The Morgan fingerprint density at radius 1 is 1.23 bits per heavy atom. The SMILES string of the molecule is C[C@@H]1CC(C)(C)N(C)c2ccc(/C=N/NC(=S)Nc3ccccc3)cc21. The van der Waals surface area contributed by atoms with Gasteiger partial charge in [-0.25, -0.2) is 0 Å². The molecule has 4 nitrogen and oxygen atoms in total. The second-order valence-corrected chi connectivity index (χ2v) is 7.89. The van der Waals surface area contributed by atoms with Crippen LogP contribution in [-0.4, -0.2) is 23.9 Å². The number of para-hydroxylation sites is 1. The van der Waals surface area contributed by atoms with E-state index in [1.54, 1.807) is 0 Å². The van der Waals surface area contributed by atoms with Crippen molar-refractivity contribution in [2.45, 2.75) is 38.6 Å². The number of benzene rings is 2. The highest BCUT2D eigenvalue weighted by atomic mass is 32.1. The van der Waals surface area contributed by atoms with Gasteiger partial charge in [-0.05, 0) is 73.8 Å². The molecular weight excluding hydrogens is 340 g/mol. The summed E-state index contributed by atoms with van der Waals surface area (Å²) in [5, 5.41) is 7.84. The molecule has 0 unspecified atom stereocenters. The van der Waals surface area contributed by atoms with Gasteiger partial charge in [0.25, 0.3) is 0 Å². The molecule has 0 fully saturated rings. The summed E-state index contributed by atoms with van der Waals surface area (Å²) in [5.74, 6) is 0.526. The maximum absolute atomic E-state index is 5.27. The number of fused-ring (bicyclic) bond motifs is 1. The van der Waals surface area contributed by atoms with Gasteiger partial charge in [0.05, 0.1) is 6.21 Å². The molecule has 5 heteroatoms. The zero-order valence-electron chi connectivity index (χ0n) is 15.8. The van der Waals surface area contributed by atoms with Crippen LogP contribution in [-0.2, 0) is 0 Å². The number of nitrogens with one attached hydrogen (secondary N) is 2. The molecule has 1 heterocycles. The molecule has 1 aliphatic heterocycles. The average Bonchev–Trinajstić information content (AvgIpc) is 2.60. The Morgan fingerprint density at radius 3 is 2.69 bits per heavy atom. The normalized spacial score (nSPS) is 18.5. The van der Waals surface area contributed by atoms with Crippen molar-refractivity contribution in [3.05, 3.63) is 59.7 Å². The summed E-state index contributed by atoms with van der Waals surface area (Å²) in [6.07, 6.45) is 2.95. The Balaban J connectivity index is 1.67. The van der Waals surface area contributed by atoms with Crippen molar-refractivity contribution in [2.24, 2.45) is 5.10 Å². The molecule has 0 bridgehead atoms. The van der Waals surface area contributed by atoms with E-state index in [2.05, 4.69) is 66.8 Å². The molecule has 26 heavy (non-hydrogen) atoms. The predicted octanol–water partition coefficient (Wildman–Crippen LogP) is 4.73. The summed E-state index contributed by atoms with van der Waals surface area (Å²) in [7, 11) is 2.17. The van der Waals surface area contributed by atoms with Gasteiger partial charge in [-0.15, -0.1) is 0 Å². The minimum absolute atomic E-state index is 0.179. The first-order valence-electron chi connectivity index (χ1n) is 8.90. The van der Waals surface area contributed by atoms with Crippen LogP contribution in [0.25, 0.3) is 0 Å².